The lowest BCUT2D eigenvalue weighted by atomic mass is 10.2. The summed E-state index contributed by atoms with van der Waals surface area (Å²) < 4.78 is 18.2. The Balaban J connectivity index is 2.14. The minimum atomic E-state index is -0.454. The molecule has 0 aliphatic heterocycles. The summed E-state index contributed by atoms with van der Waals surface area (Å²) in [6.07, 6.45) is 1.70. The number of nitrogens with zero attached hydrogens (tertiary/aromatic N) is 2. The van der Waals surface area contributed by atoms with E-state index in [0.717, 1.165) is 6.20 Å². The maximum absolute atomic E-state index is 13.2. The van der Waals surface area contributed by atoms with E-state index in [9.17, 15) is 9.18 Å². The Morgan fingerprint density at radius 1 is 1.50 bits per heavy atom. The van der Waals surface area contributed by atoms with Gasteiger partial charge in [0.1, 0.15) is 16.8 Å². The van der Waals surface area contributed by atoms with Crippen molar-refractivity contribution in [1.29, 1.82) is 0 Å². The van der Waals surface area contributed by atoms with Gasteiger partial charge >= 0.3 is 0 Å². The van der Waals surface area contributed by atoms with Gasteiger partial charge in [-0.25, -0.2) is 14.4 Å². The van der Waals surface area contributed by atoms with Gasteiger partial charge in [-0.1, -0.05) is 11.6 Å². The van der Waals surface area contributed by atoms with Crippen LogP contribution in [-0.4, -0.2) is 23.4 Å². The number of carbonyl (C=O) groups excluding carboxylic acids is 1. The van der Waals surface area contributed by atoms with Crippen LogP contribution >= 0.6 is 11.6 Å². The van der Waals surface area contributed by atoms with Crippen molar-refractivity contribution in [2.24, 2.45) is 0 Å². The maximum Gasteiger partial charge on any atom is 0.218 e. The topological polar surface area (TPSA) is 64.1 Å². The minimum Gasteiger partial charge on any atom is -0.481 e. The first-order valence-corrected chi connectivity index (χ1v) is 6.06. The summed E-state index contributed by atoms with van der Waals surface area (Å²) in [7, 11) is 1.46. The first-order chi connectivity index (χ1) is 9.63. The van der Waals surface area contributed by atoms with E-state index in [1.54, 1.807) is 12.1 Å². The van der Waals surface area contributed by atoms with Crippen LogP contribution in [0.15, 0.2) is 24.4 Å². The van der Waals surface area contributed by atoms with Crippen molar-refractivity contribution >= 4 is 23.7 Å². The van der Waals surface area contributed by atoms with Gasteiger partial charge in [-0.2, -0.15) is 0 Å². The number of nitrogens with one attached hydrogen (secondary N) is 1. The van der Waals surface area contributed by atoms with Gasteiger partial charge in [-0.3, -0.25) is 4.79 Å². The summed E-state index contributed by atoms with van der Waals surface area (Å²) in [4.78, 5) is 18.5. The molecule has 0 saturated heterocycles. The molecule has 2 rings (SSSR count). The number of aromatic nitrogens is 2. The molecule has 1 N–H and O–H groups in total. The van der Waals surface area contributed by atoms with Crippen LogP contribution in [0.3, 0.4) is 0 Å². The molecule has 0 saturated carbocycles. The molecule has 0 unspecified atom stereocenters. The first kappa shape index (κ1) is 14.2. The highest BCUT2D eigenvalue weighted by atomic mass is 35.5. The second kappa shape index (κ2) is 6.29. The highest BCUT2D eigenvalue weighted by Gasteiger charge is 2.07. The molecule has 0 fully saturated rings. The number of hydrogen-bond acceptors (Lipinski definition) is 5. The molecule has 5 nitrogen and oxygen atoms in total. The normalized spacial score (nSPS) is 10.2. The lowest BCUT2D eigenvalue weighted by molar-refractivity contribution is 0.112. The third-order valence-corrected chi connectivity index (χ3v) is 2.85. The third-order valence-electron chi connectivity index (χ3n) is 2.55. The summed E-state index contributed by atoms with van der Waals surface area (Å²) in [6, 6.07) is 4.47. The average Bonchev–Trinajstić information content (AvgIpc) is 2.45. The second-order valence-corrected chi connectivity index (χ2v) is 4.23. The number of hydrogen-bond donors (Lipinski definition) is 1. The number of rotatable bonds is 5. The SMILES string of the molecule is COc1ncc(F)cc1CNc1ccc(C=O)c(Cl)n1. The molecule has 104 valence electrons. The molecule has 0 aromatic carbocycles. The molecule has 20 heavy (non-hydrogen) atoms. The highest BCUT2D eigenvalue weighted by molar-refractivity contribution is 6.31. The van der Waals surface area contributed by atoms with E-state index in [4.69, 9.17) is 16.3 Å². The fraction of sp³-hybridized carbons (Fsp3) is 0.154. The lowest BCUT2D eigenvalue weighted by Gasteiger charge is -2.09. The number of methoxy groups -OCH3 is 1. The van der Waals surface area contributed by atoms with Crippen LogP contribution in [0.2, 0.25) is 5.15 Å². The summed E-state index contributed by atoms with van der Waals surface area (Å²) in [6.45, 7) is 0.262. The van der Waals surface area contributed by atoms with E-state index in [0.29, 0.717) is 29.1 Å². The third kappa shape index (κ3) is 3.21. The molecule has 2 heterocycles. The Kier molecular flexibility index (Phi) is 4.47. The van der Waals surface area contributed by atoms with E-state index in [2.05, 4.69) is 15.3 Å². The zero-order valence-corrected chi connectivity index (χ0v) is 11.3. The van der Waals surface area contributed by atoms with Crippen molar-refractivity contribution in [2.75, 3.05) is 12.4 Å². The van der Waals surface area contributed by atoms with Crippen molar-refractivity contribution in [3.05, 3.63) is 46.5 Å². The number of anilines is 1. The van der Waals surface area contributed by atoms with Gasteiger partial charge in [-0.05, 0) is 18.2 Å². The van der Waals surface area contributed by atoms with Gasteiger partial charge in [-0.15, -0.1) is 0 Å². The Bertz CT molecular complexity index is 637. The number of carbonyl (C=O) groups is 1. The van der Waals surface area contributed by atoms with Crippen LogP contribution in [0.5, 0.6) is 5.88 Å². The van der Waals surface area contributed by atoms with Crippen LogP contribution in [0, 0.1) is 5.82 Å². The summed E-state index contributed by atoms with van der Waals surface area (Å²) >= 11 is 5.82. The zero-order valence-electron chi connectivity index (χ0n) is 10.6. The van der Waals surface area contributed by atoms with Gasteiger partial charge in [0.2, 0.25) is 5.88 Å². The van der Waals surface area contributed by atoms with Gasteiger partial charge in [0, 0.05) is 12.1 Å². The van der Waals surface area contributed by atoms with Crippen LogP contribution < -0.4 is 10.1 Å². The molecule has 0 radical (unpaired) electrons. The quantitative estimate of drug-likeness (QED) is 0.679. The lowest BCUT2D eigenvalue weighted by Crippen LogP contribution is -2.05. The zero-order chi connectivity index (χ0) is 14.5. The Labute approximate surface area is 119 Å². The maximum atomic E-state index is 13.2. The molecule has 0 bridgehead atoms. The Hall–Kier alpha value is -2.21. The molecule has 0 atom stereocenters. The van der Waals surface area contributed by atoms with E-state index in [1.165, 1.54) is 13.2 Å². The summed E-state index contributed by atoms with van der Waals surface area (Å²) in [5.41, 5.74) is 0.854. The van der Waals surface area contributed by atoms with Crippen LogP contribution in [-0.2, 0) is 6.54 Å². The van der Waals surface area contributed by atoms with E-state index in [1.807, 2.05) is 0 Å². The molecular formula is C13H11ClFN3O2. The van der Waals surface area contributed by atoms with Gasteiger partial charge in [0.15, 0.2) is 6.29 Å². The van der Waals surface area contributed by atoms with Crippen LogP contribution in [0.1, 0.15) is 15.9 Å². The molecule has 2 aromatic heterocycles. The largest absolute Gasteiger partial charge is 0.481 e. The second-order valence-electron chi connectivity index (χ2n) is 3.87. The van der Waals surface area contributed by atoms with Crippen LogP contribution in [0.4, 0.5) is 10.2 Å². The first-order valence-electron chi connectivity index (χ1n) is 5.68. The number of halogens is 2. The highest BCUT2D eigenvalue weighted by Crippen LogP contribution is 2.19. The number of aldehydes is 1. The minimum absolute atomic E-state index is 0.106. The van der Waals surface area contributed by atoms with Gasteiger partial charge in [0.25, 0.3) is 0 Å². The predicted octanol–water partition coefficient (Wildman–Crippen LogP) is 2.70. The Morgan fingerprint density at radius 2 is 2.30 bits per heavy atom. The van der Waals surface area contributed by atoms with Crippen LogP contribution in [0.25, 0.3) is 0 Å². The number of ether oxygens (including phenoxy) is 1. The summed E-state index contributed by atoms with van der Waals surface area (Å²) in [5.74, 6) is 0.339. The smallest absolute Gasteiger partial charge is 0.218 e. The molecule has 0 spiro atoms. The van der Waals surface area contributed by atoms with Crippen molar-refractivity contribution in [1.82, 2.24) is 9.97 Å². The monoisotopic (exact) mass is 295 g/mol. The number of pyridine rings is 2. The van der Waals surface area contributed by atoms with Crippen molar-refractivity contribution < 1.29 is 13.9 Å². The van der Waals surface area contributed by atoms with Crippen molar-refractivity contribution in [2.45, 2.75) is 6.54 Å². The van der Waals surface area contributed by atoms with E-state index >= 15 is 0 Å². The van der Waals surface area contributed by atoms with Gasteiger partial charge in [0.05, 0.1) is 18.9 Å². The molecule has 2 aromatic rings. The predicted molar refractivity (Wildman–Crippen MR) is 72.7 cm³/mol. The standard InChI is InChI=1S/C13H11ClFN3O2/c1-20-13-9(4-10(15)6-17-13)5-16-11-3-2-8(7-19)12(14)18-11/h2-4,6-7H,5H2,1H3,(H,16,18). The van der Waals surface area contributed by atoms with E-state index in [-0.39, 0.29) is 11.7 Å². The molecule has 0 aliphatic carbocycles. The molecule has 0 amide bonds. The fourth-order valence-corrected chi connectivity index (χ4v) is 1.79. The molecule has 7 heteroatoms. The average molecular weight is 296 g/mol. The van der Waals surface area contributed by atoms with E-state index < -0.39 is 5.82 Å². The van der Waals surface area contributed by atoms with Crippen molar-refractivity contribution in [3.8, 4) is 5.88 Å². The fourth-order valence-electron chi connectivity index (χ4n) is 1.60. The molecule has 0 aliphatic rings. The Morgan fingerprint density at radius 3 is 2.95 bits per heavy atom. The van der Waals surface area contributed by atoms with Gasteiger partial charge < -0.3 is 10.1 Å². The molecular weight excluding hydrogens is 285 g/mol. The van der Waals surface area contributed by atoms with Crippen molar-refractivity contribution in [3.63, 3.8) is 0 Å². The summed E-state index contributed by atoms with van der Waals surface area (Å²) in [5, 5.41) is 3.06.